The molecule has 1 aromatic carbocycles. The fourth-order valence-corrected chi connectivity index (χ4v) is 5.52. The first-order valence-corrected chi connectivity index (χ1v) is 12.1. The van der Waals surface area contributed by atoms with Crippen LogP contribution in [0.15, 0.2) is 48.6 Å². The van der Waals surface area contributed by atoms with Gasteiger partial charge in [0.1, 0.15) is 0 Å². The van der Waals surface area contributed by atoms with Crippen LogP contribution < -0.4 is 0 Å². The Kier molecular flexibility index (Phi) is 8.90. The van der Waals surface area contributed by atoms with Gasteiger partial charge in [-0.25, -0.2) is 0 Å². The lowest BCUT2D eigenvalue weighted by molar-refractivity contribution is 0.187. The van der Waals surface area contributed by atoms with Gasteiger partial charge in [-0.1, -0.05) is 68.2 Å². The highest BCUT2D eigenvalue weighted by Crippen LogP contribution is 2.41. The molecule has 1 unspecified atom stereocenters. The van der Waals surface area contributed by atoms with E-state index in [1.165, 1.54) is 95.5 Å². The summed E-state index contributed by atoms with van der Waals surface area (Å²) >= 11 is 0. The Balaban J connectivity index is 1.35. The molecule has 0 N–H and O–H groups in total. The van der Waals surface area contributed by atoms with Gasteiger partial charge in [0.15, 0.2) is 0 Å². The largest absolute Gasteiger partial charge is 0.103 e. The summed E-state index contributed by atoms with van der Waals surface area (Å²) in [7, 11) is 0. The topological polar surface area (TPSA) is 0 Å². The van der Waals surface area contributed by atoms with Crippen molar-refractivity contribution in [2.75, 3.05) is 0 Å². The fourth-order valence-electron chi connectivity index (χ4n) is 5.52. The van der Waals surface area contributed by atoms with Gasteiger partial charge in [-0.05, 0) is 99.5 Å². The van der Waals surface area contributed by atoms with Gasteiger partial charge in [0.05, 0.1) is 0 Å². The summed E-state index contributed by atoms with van der Waals surface area (Å²) in [6.45, 7) is 6.10. The Hall–Kier alpha value is -1.30. The van der Waals surface area contributed by atoms with Gasteiger partial charge in [0.2, 0.25) is 0 Å². The SMILES string of the molecule is C=CCCCC1=CCC(C2CCC(CCc3ccc(CCC)cc3)CC2)CC1. The molecular formula is C28H42. The molecule has 0 saturated heterocycles. The van der Waals surface area contributed by atoms with E-state index in [0.717, 1.165) is 17.8 Å². The Morgan fingerprint density at radius 2 is 1.61 bits per heavy atom. The van der Waals surface area contributed by atoms with Crippen molar-refractivity contribution in [3.63, 3.8) is 0 Å². The summed E-state index contributed by atoms with van der Waals surface area (Å²) < 4.78 is 0. The number of hydrogen-bond donors (Lipinski definition) is 0. The normalized spacial score (nSPS) is 25.3. The second-order valence-corrected chi connectivity index (χ2v) is 9.46. The van der Waals surface area contributed by atoms with Crippen molar-refractivity contribution in [1.29, 1.82) is 0 Å². The highest BCUT2D eigenvalue weighted by atomic mass is 14.3. The second kappa shape index (κ2) is 11.6. The zero-order chi connectivity index (χ0) is 19.6. The minimum atomic E-state index is 0.972. The highest BCUT2D eigenvalue weighted by Gasteiger charge is 2.28. The average molecular weight is 379 g/mol. The first kappa shape index (κ1) is 21.4. The molecule has 0 bridgehead atoms. The first-order valence-electron chi connectivity index (χ1n) is 12.1. The fraction of sp³-hybridized carbons (Fsp3) is 0.643. The number of rotatable bonds is 10. The Morgan fingerprint density at radius 3 is 2.21 bits per heavy atom. The van der Waals surface area contributed by atoms with Crippen LogP contribution in [0.1, 0.15) is 95.1 Å². The highest BCUT2D eigenvalue weighted by molar-refractivity contribution is 5.22. The number of hydrogen-bond acceptors (Lipinski definition) is 0. The van der Waals surface area contributed by atoms with Crippen molar-refractivity contribution < 1.29 is 0 Å². The Bertz CT molecular complexity index is 597. The van der Waals surface area contributed by atoms with E-state index in [1.807, 2.05) is 0 Å². The molecule has 0 amide bonds. The Morgan fingerprint density at radius 1 is 0.893 bits per heavy atom. The molecule has 2 aliphatic rings. The van der Waals surface area contributed by atoms with Crippen LogP contribution in [0.4, 0.5) is 0 Å². The summed E-state index contributed by atoms with van der Waals surface area (Å²) in [4.78, 5) is 0. The van der Waals surface area contributed by atoms with Gasteiger partial charge in [0, 0.05) is 0 Å². The third-order valence-corrected chi connectivity index (χ3v) is 7.41. The third-order valence-electron chi connectivity index (χ3n) is 7.41. The maximum Gasteiger partial charge on any atom is -0.0276 e. The van der Waals surface area contributed by atoms with Crippen molar-refractivity contribution in [2.45, 2.75) is 96.8 Å². The molecule has 0 aromatic heterocycles. The summed E-state index contributed by atoms with van der Waals surface area (Å²) in [6, 6.07) is 9.44. The van der Waals surface area contributed by atoms with E-state index in [-0.39, 0.29) is 0 Å². The lowest BCUT2D eigenvalue weighted by Gasteiger charge is -2.35. The molecular weight excluding hydrogens is 336 g/mol. The van der Waals surface area contributed by atoms with E-state index in [9.17, 15) is 0 Å². The van der Waals surface area contributed by atoms with E-state index in [1.54, 1.807) is 11.1 Å². The lowest BCUT2D eigenvalue weighted by atomic mass is 9.70. The van der Waals surface area contributed by atoms with E-state index in [0.29, 0.717) is 0 Å². The van der Waals surface area contributed by atoms with Crippen molar-refractivity contribution in [1.82, 2.24) is 0 Å². The number of aryl methyl sites for hydroxylation is 2. The molecule has 154 valence electrons. The average Bonchev–Trinajstić information content (AvgIpc) is 2.75. The smallest absolute Gasteiger partial charge is 0.0276 e. The molecule has 0 heterocycles. The predicted octanol–water partition coefficient (Wildman–Crippen LogP) is 8.46. The summed E-state index contributed by atoms with van der Waals surface area (Å²) in [5.74, 6) is 2.96. The molecule has 0 aliphatic heterocycles. The van der Waals surface area contributed by atoms with Crippen molar-refractivity contribution in [2.24, 2.45) is 17.8 Å². The molecule has 0 radical (unpaired) electrons. The molecule has 1 fully saturated rings. The van der Waals surface area contributed by atoms with Gasteiger partial charge in [-0.2, -0.15) is 0 Å². The molecule has 3 rings (SSSR count). The Labute approximate surface area is 174 Å². The second-order valence-electron chi connectivity index (χ2n) is 9.46. The van der Waals surface area contributed by atoms with Crippen LogP contribution in [0.25, 0.3) is 0 Å². The molecule has 0 heteroatoms. The van der Waals surface area contributed by atoms with Gasteiger partial charge in [0.25, 0.3) is 0 Å². The summed E-state index contributed by atoms with van der Waals surface area (Å²) in [5.41, 5.74) is 4.78. The van der Waals surface area contributed by atoms with Crippen LogP contribution in [-0.2, 0) is 12.8 Å². The van der Waals surface area contributed by atoms with E-state index in [4.69, 9.17) is 0 Å². The van der Waals surface area contributed by atoms with Crippen molar-refractivity contribution in [3.8, 4) is 0 Å². The van der Waals surface area contributed by atoms with Crippen LogP contribution >= 0.6 is 0 Å². The lowest BCUT2D eigenvalue weighted by Crippen LogP contribution is -2.23. The van der Waals surface area contributed by atoms with Crippen LogP contribution in [-0.4, -0.2) is 0 Å². The zero-order valence-corrected chi connectivity index (χ0v) is 18.3. The van der Waals surface area contributed by atoms with Gasteiger partial charge in [-0.15, -0.1) is 6.58 Å². The maximum absolute atomic E-state index is 3.84. The minimum absolute atomic E-state index is 0.972. The van der Waals surface area contributed by atoms with E-state index in [2.05, 4.69) is 49.9 Å². The van der Waals surface area contributed by atoms with Crippen LogP contribution in [0.2, 0.25) is 0 Å². The number of unbranched alkanes of at least 4 members (excludes halogenated alkanes) is 1. The van der Waals surface area contributed by atoms with Crippen molar-refractivity contribution in [3.05, 3.63) is 59.7 Å². The molecule has 0 spiro atoms. The summed E-state index contributed by atoms with van der Waals surface area (Å²) in [6.07, 6.45) is 23.7. The molecule has 28 heavy (non-hydrogen) atoms. The molecule has 2 aliphatic carbocycles. The maximum atomic E-state index is 3.84. The van der Waals surface area contributed by atoms with Gasteiger partial charge in [-0.3, -0.25) is 0 Å². The van der Waals surface area contributed by atoms with Crippen LogP contribution in [0.5, 0.6) is 0 Å². The monoisotopic (exact) mass is 378 g/mol. The van der Waals surface area contributed by atoms with Crippen molar-refractivity contribution >= 4 is 0 Å². The van der Waals surface area contributed by atoms with Crippen LogP contribution in [0.3, 0.4) is 0 Å². The van der Waals surface area contributed by atoms with Gasteiger partial charge >= 0.3 is 0 Å². The zero-order valence-electron chi connectivity index (χ0n) is 18.3. The molecule has 1 saturated carbocycles. The molecule has 1 aromatic rings. The quantitative estimate of drug-likeness (QED) is 0.283. The number of allylic oxidation sites excluding steroid dienone is 3. The first-order chi connectivity index (χ1) is 13.8. The van der Waals surface area contributed by atoms with E-state index < -0.39 is 0 Å². The standard InChI is InChI=1S/C28H42/c1-3-5-6-8-24-15-19-27(20-16-24)28-21-17-26(18-22-28)14-13-25-11-9-23(7-4-2)10-12-25/h3,9-12,15,26-28H,1,4-8,13-14,16-22H2,2H3. The van der Waals surface area contributed by atoms with Crippen LogP contribution in [0, 0.1) is 17.8 Å². The minimum Gasteiger partial charge on any atom is -0.103 e. The molecule has 0 nitrogen and oxygen atoms in total. The third kappa shape index (κ3) is 6.64. The van der Waals surface area contributed by atoms with Gasteiger partial charge < -0.3 is 0 Å². The summed E-state index contributed by atoms with van der Waals surface area (Å²) in [5, 5.41) is 0. The predicted molar refractivity (Wildman–Crippen MR) is 124 cm³/mol. The number of benzene rings is 1. The molecule has 1 atom stereocenters. The van der Waals surface area contributed by atoms with E-state index >= 15 is 0 Å².